The maximum Gasteiger partial charge on any atom is 0.271 e. The normalized spacial score (nSPS) is 15.0. The zero-order valence-electron chi connectivity index (χ0n) is 20.2. The molecule has 5 rings (SSSR count). The fraction of sp³-hybridized carbons (Fsp3) is 0.296. The van der Waals surface area contributed by atoms with Crippen molar-refractivity contribution in [2.75, 3.05) is 34.0 Å². The van der Waals surface area contributed by atoms with Crippen LogP contribution >= 0.6 is 11.6 Å². The molecule has 1 aliphatic heterocycles. The monoisotopic (exact) mass is 506 g/mol. The van der Waals surface area contributed by atoms with Gasteiger partial charge in [-0.1, -0.05) is 29.8 Å². The molecule has 2 aromatic heterocycles. The minimum atomic E-state index is -0.241. The highest BCUT2D eigenvalue weighted by molar-refractivity contribution is 6.32. The molecule has 0 spiro atoms. The van der Waals surface area contributed by atoms with Crippen molar-refractivity contribution < 1.29 is 19.0 Å². The molecule has 9 heteroatoms. The molecule has 36 heavy (non-hydrogen) atoms. The minimum absolute atomic E-state index is 0.210. The second kappa shape index (κ2) is 10.2. The van der Waals surface area contributed by atoms with Crippen LogP contribution in [0.2, 0.25) is 5.02 Å². The van der Waals surface area contributed by atoms with Gasteiger partial charge in [0.05, 0.1) is 19.2 Å². The molecule has 1 fully saturated rings. The van der Waals surface area contributed by atoms with Crippen molar-refractivity contribution in [2.45, 2.75) is 18.3 Å². The number of hydrogen-bond acceptors (Lipinski definition) is 6. The lowest BCUT2D eigenvalue weighted by Gasteiger charge is -2.38. The molecule has 1 N–H and O–H groups in total. The third kappa shape index (κ3) is 4.74. The average molecular weight is 507 g/mol. The Balaban J connectivity index is 1.35. The Morgan fingerprint density at radius 1 is 1.08 bits per heavy atom. The Hall–Kier alpha value is -3.62. The van der Waals surface area contributed by atoms with E-state index in [1.165, 1.54) is 0 Å². The zero-order chi connectivity index (χ0) is 25.1. The number of methoxy groups -OCH3 is 2. The number of rotatable bonds is 7. The lowest BCUT2D eigenvalue weighted by molar-refractivity contribution is 0.0486. The predicted molar refractivity (Wildman–Crippen MR) is 137 cm³/mol. The molecule has 0 radical (unpaired) electrons. The van der Waals surface area contributed by atoms with Gasteiger partial charge in [-0.2, -0.15) is 5.10 Å². The van der Waals surface area contributed by atoms with Crippen molar-refractivity contribution in [3.05, 3.63) is 77.2 Å². The van der Waals surface area contributed by atoms with Crippen molar-refractivity contribution in [1.82, 2.24) is 19.9 Å². The average Bonchev–Trinajstić information content (AvgIpc) is 3.36. The highest BCUT2D eigenvalue weighted by Gasteiger charge is 2.35. The Morgan fingerprint density at radius 2 is 1.86 bits per heavy atom. The van der Waals surface area contributed by atoms with Gasteiger partial charge in [-0.15, -0.1) is 0 Å². The van der Waals surface area contributed by atoms with Crippen LogP contribution in [-0.2, 0) is 10.2 Å². The van der Waals surface area contributed by atoms with E-state index in [0.717, 1.165) is 35.3 Å². The number of fused-ring (bicyclic) bond motifs is 1. The molecule has 1 aliphatic rings. The van der Waals surface area contributed by atoms with Crippen molar-refractivity contribution in [3.8, 4) is 22.6 Å². The second-order valence-corrected chi connectivity index (χ2v) is 9.24. The van der Waals surface area contributed by atoms with Crippen LogP contribution < -0.4 is 14.8 Å². The van der Waals surface area contributed by atoms with Crippen LogP contribution in [0.4, 0.5) is 0 Å². The number of carbonyl (C=O) groups is 1. The first kappa shape index (κ1) is 24.1. The van der Waals surface area contributed by atoms with E-state index >= 15 is 0 Å². The lowest BCUT2D eigenvalue weighted by atomic mass is 9.74. The SMILES string of the molecule is COc1ccc(C2(CNC(=O)c3cc4ncc(-c5ccc(Cl)c(OC)c5)cn4n3)CCOCC2)cc1. The number of halogens is 1. The second-order valence-electron chi connectivity index (χ2n) is 8.83. The Bertz CT molecular complexity index is 1380. The molecule has 0 unspecified atom stereocenters. The molecular weight excluding hydrogens is 480 g/mol. The summed E-state index contributed by atoms with van der Waals surface area (Å²) in [5.41, 5.74) is 3.55. The fourth-order valence-corrected chi connectivity index (χ4v) is 4.79. The molecule has 0 saturated carbocycles. The van der Waals surface area contributed by atoms with Gasteiger partial charge in [0.2, 0.25) is 0 Å². The summed E-state index contributed by atoms with van der Waals surface area (Å²) in [5, 5.41) is 8.12. The number of hydrogen-bond donors (Lipinski definition) is 1. The molecule has 0 atom stereocenters. The topological polar surface area (TPSA) is 87.0 Å². The highest BCUT2D eigenvalue weighted by Crippen LogP contribution is 2.35. The molecule has 3 heterocycles. The van der Waals surface area contributed by atoms with E-state index in [1.54, 1.807) is 37.1 Å². The van der Waals surface area contributed by atoms with Crippen LogP contribution in [0.5, 0.6) is 11.5 Å². The number of carbonyl (C=O) groups excluding carboxylic acids is 1. The maximum atomic E-state index is 13.1. The number of nitrogens with zero attached hydrogens (tertiary/aromatic N) is 3. The van der Waals surface area contributed by atoms with Crippen LogP contribution in [0.1, 0.15) is 28.9 Å². The molecule has 0 aliphatic carbocycles. The van der Waals surface area contributed by atoms with Crippen LogP contribution in [-0.4, -0.2) is 54.5 Å². The highest BCUT2D eigenvalue weighted by atomic mass is 35.5. The summed E-state index contributed by atoms with van der Waals surface area (Å²) >= 11 is 6.15. The number of aromatic nitrogens is 3. The molecular formula is C27H27ClN4O4. The third-order valence-corrected chi connectivity index (χ3v) is 7.08. The van der Waals surface area contributed by atoms with Crippen LogP contribution in [0.3, 0.4) is 0 Å². The number of amides is 1. The predicted octanol–water partition coefficient (Wildman–Crippen LogP) is 4.55. The first-order valence-electron chi connectivity index (χ1n) is 11.7. The fourth-order valence-electron chi connectivity index (χ4n) is 4.59. The van der Waals surface area contributed by atoms with Gasteiger partial charge < -0.3 is 19.5 Å². The first-order chi connectivity index (χ1) is 17.5. The van der Waals surface area contributed by atoms with Crippen LogP contribution in [0, 0.1) is 0 Å². The van der Waals surface area contributed by atoms with Crippen LogP contribution in [0.25, 0.3) is 16.8 Å². The van der Waals surface area contributed by atoms with Gasteiger partial charge >= 0.3 is 0 Å². The summed E-state index contributed by atoms with van der Waals surface area (Å²) in [6.45, 7) is 1.79. The minimum Gasteiger partial charge on any atom is -0.497 e. The molecule has 1 amide bonds. The van der Waals surface area contributed by atoms with E-state index in [1.807, 2.05) is 30.5 Å². The quantitative estimate of drug-likeness (QED) is 0.396. The first-order valence-corrected chi connectivity index (χ1v) is 12.1. The number of nitrogens with one attached hydrogen (secondary N) is 1. The van der Waals surface area contributed by atoms with Gasteiger partial charge in [0.15, 0.2) is 11.3 Å². The van der Waals surface area contributed by atoms with Gasteiger partial charge in [0, 0.05) is 49.2 Å². The van der Waals surface area contributed by atoms with Crippen molar-refractivity contribution in [2.24, 2.45) is 0 Å². The Kier molecular flexibility index (Phi) is 6.80. The van der Waals surface area contributed by atoms with Crippen LogP contribution in [0.15, 0.2) is 60.9 Å². The smallest absolute Gasteiger partial charge is 0.271 e. The molecule has 1 saturated heterocycles. The summed E-state index contributed by atoms with van der Waals surface area (Å²) in [4.78, 5) is 17.6. The number of benzene rings is 2. The van der Waals surface area contributed by atoms with E-state index in [9.17, 15) is 4.79 Å². The standard InChI is InChI=1S/C27H27ClN4O4/c1-34-21-6-4-20(5-7-21)27(9-11-36-12-10-27)17-30-26(33)23-14-25-29-15-19(16-32(25)31-23)18-3-8-22(28)24(13-18)35-2/h3-8,13-16H,9-12,17H2,1-2H3,(H,30,33). The van der Waals surface area contributed by atoms with E-state index in [0.29, 0.717) is 41.9 Å². The van der Waals surface area contributed by atoms with Crippen molar-refractivity contribution in [3.63, 3.8) is 0 Å². The zero-order valence-corrected chi connectivity index (χ0v) is 20.9. The summed E-state index contributed by atoms with van der Waals surface area (Å²) < 4.78 is 17.8. The summed E-state index contributed by atoms with van der Waals surface area (Å²) in [5.74, 6) is 1.14. The largest absolute Gasteiger partial charge is 0.497 e. The molecule has 2 aromatic carbocycles. The van der Waals surface area contributed by atoms with Gasteiger partial charge in [-0.3, -0.25) is 4.79 Å². The molecule has 186 valence electrons. The molecule has 0 bridgehead atoms. The van der Waals surface area contributed by atoms with Gasteiger partial charge in [-0.05, 0) is 48.2 Å². The third-order valence-electron chi connectivity index (χ3n) is 6.77. The van der Waals surface area contributed by atoms with Gasteiger partial charge in [0.25, 0.3) is 5.91 Å². The van der Waals surface area contributed by atoms with Crippen molar-refractivity contribution >= 4 is 23.2 Å². The van der Waals surface area contributed by atoms with Gasteiger partial charge in [0.1, 0.15) is 11.5 Å². The Morgan fingerprint density at radius 3 is 2.58 bits per heavy atom. The number of ether oxygens (including phenoxy) is 3. The van der Waals surface area contributed by atoms with E-state index in [-0.39, 0.29) is 11.3 Å². The van der Waals surface area contributed by atoms with E-state index in [4.69, 9.17) is 25.8 Å². The summed E-state index contributed by atoms with van der Waals surface area (Å²) in [6, 6.07) is 15.2. The van der Waals surface area contributed by atoms with E-state index < -0.39 is 0 Å². The summed E-state index contributed by atoms with van der Waals surface area (Å²) in [6.07, 6.45) is 5.21. The van der Waals surface area contributed by atoms with Crippen molar-refractivity contribution in [1.29, 1.82) is 0 Å². The molecule has 8 nitrogen and oxygen atoms in total. The lowest BCUT2D eigenvalue weighted by Crippen LogP contribution is -2.44. The van der Waals surface area contributed by atoms with E-state index in [2.05, 4.69) is 27.5 Å². The molecule has 4 aromatic rings. The summed E-state index contributed by atoms with van der Waals surface area (Å²) in [7, 11) is 3.22. The maximum absolute atomic E-state index is 13.1. The Labute approximate surface area is 214 Å². The van der Waals surface area contributed by atoms with Gasteiger partial charge in [-0.25, -0.2) is 9.50 Å².